The predicted octanol–water partition coefficient (Wildman–Crippen LogP) is 6.96. The Bertz CT molecular complexity index is 1390. The summed E-state index contributed by atoms with van der Waals surface area (Å²) in [4.78, 5) is 15.0. The zero-order valence-corrected chi connectivity index (χ0v) is 23.3. The van der Waals surface area contributed by atoms with E-state index in [1.807, 2.05) is 38.1 Å². The molecule has 0 amide bonds. The van der Waals surface area contributed by atoms with E-state index in [0.717, 1.165) is 53.4 Å². The average molecular weight is 527 g/mol. The van der Waals surface area contributed by atoms with Gasteiger partial charge in [0.1, 0.15) is 17.2 Å². The molecule has 0 spiro atoms. The minimum absolute atomic E-state index is 0.279. The third-order valence-electron chi connectivity index (χ3n) is 6.87. The van der Waals surface area contributed by atoms with Gasteiger partial charge in [-0.25, -0.2) is 14.4 Å². The minimum Gasteiger partial charge on any atom is -0.388 e. The molecule has 0 radical (unpaired) electrons. The van der Waals surface area contributed by atoms with Crippen molar-refractivity contribution in [3.8, 4) is 12.8 Å². The van der Waals surface area contributed by atoms with E-state index in [9.17, 15) is 0 Å². The topological polar surface area (TPSA) is 68.9 Å². The average Bonchev–Trinajstić information content (AvgIpc) is 3.40. The molecule has 3 aromatic rings. The number of rotatable bonds is 10. The van der Waals surface area contributed by atoms with Crippen LogP contribution < -0.4 is 15.5 Å². The van der Waals surface area contributed by atoms with Crippen molar-refractivity contribution in [2.24, 2.45) is 0 Å². The van der Waals surface area contributed by atoms with Crippen LogP contribution >= 0.6 is 0 Å². The number of nitrogens with zero attached hydrogens (tertiary/aromatic N) is 3. The summed E-state index contributed by atoms with van der Waals surface area (Å²) < 4.78 is 16.1. The Morgan fingerprint density at radius 3 is 2.59 bits per heavy atom. The fraction of sp³-hybridized carbons (Fsp3) is 0.312. The number of fused-ring (bicyclic) bond motifs is 1. The number of pyridine rings is 1. The smallest absolute Gasteiger partial charge is 0.179 e. The maximum Gasteiger partial charge on any atom is 0.179 e. The quantitative estimate of drug-likeness (QED) is 0.197. The molecule has 1 fully saturated rings. The number of anilines is 2. The fourth-order valence-corrected chi connectivity index (χ4v) is 4.77. The lowest BCUT2D eigenvalue weighted by Crippen LogP contribution is -2.29. The predicted molar refractivity (Wildman–Crippen MR) is 163 cm³/mol. The van der Waals surface area contributed by atoms with Gasteiger partial charge >= 0.3 is 0 Å². The van der Waals surface area contributed by atoms with E-state index in [1.54, 1.807) is 25.4 Å². The lowest BCUT2D eigenvalue weighted by atomic mass is 9.97. The molecule has 7 heteroatoms. The van der Waals surface area contributed by atoms with Gasteiger partial charge in [0, 0.05) is 61.0 Å². The lowest BCUT2D eigenvalue weighted by Gasteiger charge is -2.28. The number of hydrogen-bond acceptors (Lipinski definition) is 5. The second kappa shape index (κ2) is 14.0. The minimum atomic E-state index is -0.279. The van der Waals surface area contributed by atoms with Gasteiger partial charge in [-0.3, -0.25) is 0 Å². The van der Waals surface area contributed by atoms with Crippen molar-refractivity contribution in [2.75, 3.05) is 30.4 Å². The summed E-state index contributed by atoms with van der Waals surface area (Å²) in [7, 11) is 1.80. The van der Waals surface area contributed by atoms with Gasteiger partial charge in [-0.05, 0) is 68.5 Å². The van der Waals surface area contributed by atoms with E-state index in [0.29, 0.717) is 29.0 Å². The standard InChI is InChI=1S/C30H37FN6.C2H2/c1-6-20(4)34-22(8-3)18-21(7-2)23-12-13-25(32-5)24(28(23)31)19-27-35-29-26(14-15-33-30(29)36-27)37-16-10-9-11-17-37;1-2/h7-8,12-15,18,32,34H,3-4,6,9-11,16-17,19H2,1-2,5H3,(H,33,35,36);1-2H/b21-7+,22-18+;. The molecule has 2 aromatic heterocycles. The van der Waals surface area contributed by atoms with Crippen LogP contribution in [-0.2, 0) is 6.42 Å². The molecule has 3 heterocycles. The third-order valence-corrected chi connectivity index (χ3v) is 6.87. The highest BCUT2D eigenvalue weighted by atomic mass is 19.1. The van der Waals surface area contributed by atoms with Crippen LogP contribution in [0.2, 0.25) is 0 Å². The number of benzene rings is 1. The Kier molecular flexibility index (Phi) is 10.5. The maximum absolute atomic E-state index is 16.1. The van der Waals surface area contributed by atoms with E-state index >= 15 is 4.39 Å². The van der Waals surface area contributed by atoms with Crippen LogP contribution in [0.15, 0.2) is 67.2 Å². The molecule has 0 atom stereocenters. The number of allylic oxidation sites excluding steroid dienone is 5. The number of halogens is 1. The number of terminal acetylenes is 1. The molecule has 39 heavy (non-hydrogen) atoms. The van der Waals surface area contributed by atoms with Crippen LogP contribution in [0.25, 0.3) is 16.7 Å². The maximum atomic E-state index is 16.1. The van der Waals surface area contributed by atoms with Gasteiger partial charge in [-0.15, -0.1) is 12.8 Å². The number of imidazole rings is 1. The Morgan fingerprint density at radius 1 is 1.21 bits per heavy atom. The van der Waals surface area contributed by atoms with E-state index in [1.165, 1.54) is 19.3 Å². The highest BCUT2D eigenvalue weighted by Crippen LogP contribution is 2.31. The Balaban J connectivity index is 0.00000205. The summed E-state index contributed by atoms with van der Waals surface area (Å²) in [5, 5.41) is 6.38. The fourth-order valence-electron chi connectivity index (χ4n) is 4.77. The van der Waals surface area contributed by atoms with Gasteiger partial charge in [0.2, 0.25) is 0 Å². The second-order valence-electron chi connectivity index (χ2n) is 9.27. The Morgan fingerprint density at radius 2 is 1.95 bits per heavy atom. The van der Waals surface area contributed by atoms with E-state index in [4.69, 9.17) is 4.98 Å². The molecule has 4 rings (SSSR count). The number of hydrogen-bond donors (Lipinski definition) is 3. The van der Waals surface area contributed by atoms with Crippen molar-refractivity contribution >= 4 is 28.1 Å². The van der Waals surface area contributed by atoms with Crippen molar-refractivity contribution in [3.05, 3.63) is 89.9 Å². The van der Waals surface area contributed by atoms with Gasteiger partial charge in [-0.2, -0.15) is 0 Å². The van der Waals surface area contributed by atoms with Gasteiger partial charge < -0.3 is 20.5 Å². The van der Waals surface area contributed by atoms with E-state index < -0.39 is 0 Å². The van der Waals surface area contributed by atoms with Crippen LogP contribution in [0, 0.1) is 18.7 Å². The highest BCUT2D eigenvalue weighted by molar-refractivity contribution is 5.86. The molecule has 0 bridgehead atoms. The van der Waals surface area contributed by atoms with Crippen LogP contribution in [0.5, 0.6) is 0 Å². The molecule has 1 aliphatic rings. The molecule has 204 valence electrons. The number of nitrogens with one attached hydrogen (secondary N) is 3. The summed E-state index contributed by atoms with van der Waals surface area (Å²) in [6.07, 6.45) is 20.1. The number of H-pyrrole nitrogens is 1. The molecule has 0 unspecified atom stereocenters. The molecule has 6 nitrogen and oxygen atoms in total. The molecule has 1 aliphatic heterocycles. The van der Waals surface area contributed by atoms with Crippen LogP contribution in [0.1, 0.15) is 56.5 Å². The van der Waals surface area contributed by atoms with Crippen LogP contribution in [-0.4, -0.2) is 35.1 Å². The lowest BCUT2D eigenvalue weighted by molar-refractivity contribution is 0.578. The molecule has 3 N–H and O–H groups in total. The van der Waals surface area contributed by atoms with Gasteiger partial charge in [0.25, 0.3) is 0 Å². The Labute approximate surface area is 231 Å². The van der Waals surface area contributed by atoms with E-state index in [2.05, 4.69) is 51.5 Å². The van der Waals surface area contributed by atoms with Crippen molar-refractivity contribution in [1.29, 1.82) is 0 Å². The number of piperidine rings is 1. The van der Waals surface area contributed by atoms with Gasteiger partial charge in [0.15, 0.2) is 5.65 Å². The largest absolute Gasteiger partial charge is 0.388 e. The molecule has 1 aromatic carbocycles. The number of aromatic amines is 1. The molecular weight excluding hydrogens is 487 g/mol. The zero-order valence-electron chi connectivity index (χ0n) is 23.3. The first-order valence-corrected chi connectivity index (χ1v) is 13.4. The Hall–Kier alpha value is -4.31. The van der Waals surface area contributed by atoms with Crippen molar-refractivity contribution in [3.63, 3.8) is 0 Å². The van der Waals surface area contributed by atoms with Crippen LogP contribution in [0.4, 0.5) is 15.8 Å². The van der Waals surface area contributed by atoms with Gasteiger partial charge in [0.05, 0.1) is 5.69 Å². The summed E-state index contributed by atoms with van der Waals surface area (Å²) in [6, 6.07) is 5.76. The molecular formula is C32H39FN6. The molecule has 1 saturated heterocycles. The van der Waals surface area contributed by atoms with Crippen LogP contribution in [0.3, 0.4) is 0 Å². The summed E-state index contributed by atoms with van der Waals surface area (Å²) in [5.74, 6) is 0.406. The van der Waals surface area contributed by atoms with Crippen molar-refractivity contribution in [1.82, 2.24) is 20.3 Å². The first-order valence-electron chi connectivity index (χ1n) is 13.4. The second-order valence-corrected chi connectivity index (χ2v) is 9.27. The van der Waals surface area contributed by atoms with Crippen molar-refractivity contribution in [2.45, 2.75) is 46.0 Å². The summed E-state index contributed by atoms with van der Waals surface area (Å²) in [6.45, 7) is 13.9. The highest BCUT2D eigenvalue weighted by Gasteiger charge is 2.20. The van der Waals surface area contributed by atoms with E-state index in [-0.39, 0.29) is 5.82 Å². The summed E-state index contributed by atoms with van der Waals surface area (Å²) >= 11 is 0. The SMILES string of the molecule is C#C.C=C/C(=C\C(=C/C)c1ccc(NC)c(Cc2nc3nccc(N4CCCCC4)c3[nH]2)c1F)NC(=C)CC. The first-order chi connectivity index (χ1) is 19.0. The van der Waals surface area contributed by atoms with Gasteiger partial charge in [-0.1, -0.05) is 26.2 Å². The normalized spacial score (nSPS) is 13.9. The number of aromatic nitrogens is 3. The molecule has 0 aliphatic carbocycles. The monoisotopic (exact) mass is 526 g/mol. The zero-order chi connectivity index (χ0) is 28.4. The summed E-state index contributed by atoms with van der Waals surface area (Å²) in [5.41, 5.74) is 6.89. The third kappa shape index (κ3) is 6.77. The molecule has 0 saturated carbocycles. The van der Waals surface area contributed by atoms with Crippen molar-refractivity contribution < 1.29 is 4.39 Å². The first kappa shape index (κ1) is 29.2.